The van der Waals surface area contributed by atoms with Crippen LogP contribution >= 0.6 is 0 Å². The second-order valence-electron chi connectivity index (χ2n) is 6.58. The second-order valence-corrected chi connectivity index (χ2v) is 6.58. The molecule has 1 saturated carbocycles. The quantitative estimate of drug-likeness (QED) is 0.671. The van der Waals surface area contributed by atoms with E-state index < -0.39 is 0 Å². The van der Waals surface area contributed by atoms with E-state index in [2.05, 4.69) is 31.1 Å². The van der Waals surface area contributed by atoms with Crippen LogP contribution in [0.4, 0.5) is 0 Å². The average Bonchev–Trinajstić information content (AvgIpc) is 2.46. The average molecular weight is 283 g/mol. The van der Waals surface area contributed by atoms with Gasteiger partial charge in [0.05, 0.1) is 5.41 Å². The zero-order valence-electron chi connectivity index (χ0n) is 13.6. The molecular weight excluding hydrogens is 250 g/mol. The van der Waals surface area contributed by atoms with E-state index in [0.717, 1.165) is 51.6 Å². The topological polar surface area (TPSA) is 58.4 Å². The van der Waals surface area contributed by atoms with Gasteiger partial charge in [-0.1, -0.05) is 19.3 Å². The molecule has 1 aliphatic carbocycles. The first-order valence-electron chi connectivity index (χ1n) is 8.20. The Morgan fingerprint density at radius 2 is 1.90 bits per heavy atom. The van der Waals surface area contributed by atoms with Crippen LogP contribution in [-0.2, 0) is 4.79 Å². The molecule has 0 radical (unpaired) electrons. The monoisotopic (exact) mass is 283 g/mol. The Labute approximate surface area is 124 Å². The van der Waals surface area contributed by atoms with Crippen molar-refractivity contribution in [1.82, 2.24) is 10.2 Å². The van der Waals surface area contributed by atoms with E-state index in [1.807, 2.05) is 0 Å². The molecule has 0 aromatic rings. The number of hydrogen-bond acceptors (Lipinski definition) is 3. The molecule has 0 unspecified atom stereocenters. The first-order chi connectivity index (χ1) is 9.52. The van der Waals surface area contributed by atoms with Crippen molar-refractivity contribution in [2.45, 2.75) is 64.8 Å². The van der Waals surface area contributed by atoms with Crippen LogP contribution in [-0.4, -0.2) is 43.5 Å². The lowest BCUT2D eigenvalue weighted by molar-refractivity contribution is -0.132. The molecule has 20 heavy (non-hydrogen) atoms. The van der Waals surface area contributed by atoms with Crippen LogP contribution in [0.25, 0.3) is 0 Å². The zero-order chi connectivity index (χ0) is 15.0. The van der Waals surface area contributed by atoms with Crippen molar-refractivity contribution < 1.29 is 4.79 Å². The van der Waals surface area contributed by atoms with Crippen molar-refractivity contribution in [3.8, 4) is 0 Å². The highest BCUT2D eigenvalue weighted by Crippen LogP contribution is 2.35. The molecule has 1 aliphatic rings. The Hall–Kier alpha value is -0.610. The summed E-state index contributed by atoms with van der Waals surface area (Å²) in [5.41, 5.74) is 5.60. The van der Waals surface area contributed by atoms with Crippen LogP contribution in [0.3, 0.4) is 0 Å². The maximum atomic E-state index is 12.4. The van der Waals surface area contributed by atoms with Crippen molar-refractivity contribution in [3.05, 3.63) is 0 Å². The number of nitrogens with two attached hydrogens (primary N) is 1. The molecule has 0 aromatic carbocycles. The van der Waals surface area contributed by atoms with E-state index in [4.69, 9.17) is 5.73 Å². The Morgan fingerprint density at radius 1 is 1.25 bits per heavy atom. The van der Waals surface area contributed by atoms with Crippen LogP contribution in [0.5, 0.6) is 0 Å². The molecular formula is C16H33N3O. The molecule has 1 rings (SSSR count). The SMILES string of the molecule is CC(C)N(C)CCCCNC(=O)C1(CN)CCCCC1. The number of unbranched alkanes of at least 4 members (excludes halogenated alkanes) is 1. The maximum absolute atomic E-state index is 12.4. The summed E-state index contributed by atoms with van der Waals surface area (Å²) < 4.78 is 0. The highest BCUT2D eigenvalue weighted by atomic mass is 16.2. The van der Waals surface area contributed by atoms with Gasteiger partial charge in [-0.3, -0.25) is 4.79 Å². The van der Waals surface area contributed by atoms with E-state index in [1.54, 1.807) is 0 Å². The maximum Gasteiger partial charge on any atom is 0.227 e. The van der Waals surface area contributed by atoms with E-state index in [1.165, 1.54) is 6.42 Å². The summed E-state index contributed by atoms with van der Waals surface area (Å²) in [6.45, 7) is 6.78. The fraction of sp³-hybridized carbons (Fsp3) is 0.938. The number of amides is 1. The van der Waals surface area contributed by atoms with Crippen LogP contribution in [0, 0.1) is 5.41 Å². The van der Waals surface area contributed by atoms with Gasteiger partial charge in [-0.05, 0) is 53.1 Å². The molecule has 0 bridgehead atoms. The van der Waals surface area contributed by atoms with Crippen molar-refractivity contribution >= 4 is 5.91 Å². The van der Waals surface area contributed by atoms with Gasteiger partial charge in [0.15, 0.2) is 0 Å². The molecule has 0 spiro atoms. The summed E-state index contributed by atoms with van der Waals surface area (Å²) in [5, 5.41) is 3.11. The van der Waals surface area contributed by atoms with E-state index in [9.17, 15) is 4.79 Å². The van der Waals surface area contributed by atoms with Crippen molar-refractivity contribution in [2.75, 3.05) is 26.7 Å². The van der Waals surface area contributed by atoms with Crippen LogP contribution in [0.2, 0.25) is 0 Å². The predicted molar refractivity (Wildman–Crippen MR) is 84.6 cm³/mol. The largest absolute Gasteiger partial charge is 0.356 e. The van der Waals surface area contributed by atoms with Crippen LogP contribution in [0.15, 0.2) is 0 Å². The van der Waals surface area contributed by atoms with Gasteiger partial charge in [0.2, 0.25) is 5.91 Å². The highest BCUT2D eigenvalue weighted by Gasteiger charge is 2.37. The smallest absolute Gasteiger partial charge is 0.227 e. The number of rotatable bonds is 8. The third-order valence-electron chi connectivity index (χ3n) is 4.79. The molecule has 0 aromatic heterocycles. The number of nitrogens with zero attached hydrogens (tertiary/aromatic N) is 1. The Balaban J connectivity index is 2.22. The van der Waals surface area contributed by atoms with Gasteiger partial charge >= 0.3 is 0 Å². The number of hydrogen-bond donors (Lipinski definition) is 2. The van der Waals surface area contributed by atoms with Gasteiger partial charge < -0.3 is 16.0 Å². The summed E-state index contributed by atoms with van der Waals surface area (Å²) in [5.74, 6) is 0.192. The number of nitrogens with one attached hydrogen (secondary N) is 1. The number of carbonyl (C=O) groups excluding carboxylic acids is 1. The lowest BCUT2D eigenvalue weighted by Crippen LogP contribution is -2.47. The molecule has 0 saturated heterocycles. The molecule has 4 nitrogen and oxygen atoms in total. The first-order valence-corrected chi connectivity index (χ1v) is 8.20. The van der Waals surface area contributed by atoms with Gasteiger partial charge in [0.1, 0.15) is 0 Å². The van der Waals surface area contributed by atoms with Gasteiger partial charge in [0.25, 0.3) is 0 Å². The molecule has 4 heteroatoms. The molecule has 3 N–H and O–H groups in total. The summed E-state index contributed by atoms with van der Waals surface area (Å²) in [7, 11) is 2.15. The van der Waals surface area contributed by atoms with Crippen LogP contribution in [0.1, 0.15) is 58.8 Å². The third-order valence-corrected chi connectivity index (χ3v) is 4.79. The molecule has 118 valence electrons. The van der Waals surface area contributed by atoms with Gasteiger partial charge in [0, 0.05) is 19.1 Å². The summed E-state index contributed by atoms with van der Waals surface area (Å²) in [6.07, 6.45) is 7.63. The van der Waals surface area contributed by atoms with Crippen molar-refractivity contribution in [3.63, 3.8) is 0 Å². The van der Waals surface area contributed by atoms with E-state index in [-0.39, 0.29) is 11.3 Å². The fourth-order valence-corrected chi connectivity index (χ4v) is 2.89. The summed E-state index contributed by atoms with van der Waals surface area (Å²) in [6, 6.07) is 0.590. The Morgan fingerprint density at radius 3 is 2.45 bits per heavy atom. The van der Waals surface area contributed by atoms with Crippen molar-refractivity contribution in [1.29, 1.82) is 0 Å². The van der Waals surface area contributed by atoms with E-state index >= 15 is 0 Å². The van der Waals surface area contributed by atoms with Crippen LogP contribution < -0.4 is 11.1 Å². The molecule has 1 amide bonds. The lowest BCUT2D eigenvalue weighted by Gasteiger charge is -2.34. The third kappa shape index (κ3) is 5.06. The molecule has 0 heterocycles. The first kappa shape index (κ1) is 17.4. The molecule has 0 atom stereocenters. The van der Waals surface area contributed by atoms with E-state index in [0.29, 0.717) is 12.6 Å². The fourth-order valence-electron chi connectivity index (χ4n) is 2.89. The second kappa shape index (κ2) is 8.63. The van der Waals surface area contributed by atoms with Gasteiger partial charge in [-0.25, -0.2) is 0 Å². The predicted octanol–water partition coefficient (Wildman–Crippen LogP) is 2.13. The van der Waals surface area contributed by atoms with Gasteiger partial charge in [-0.2, -0.15) is 0 Å². The van der Waals surface area contributed by atoms with Crippen molar-refractivity contribution in [2.24, 2.45) is 11.1 Å². The minimum atomic E-state index is -0.271. The molecule has 1 fully saturated rings. The Kier molecular flexibility index (Phi) is 7.52. The standard InChI is InChI=1S/C16H33N3O/c1-14(2)19(3)12-8-7-11-18-15(20)16(13-17)9-5-4-6-10-16/h14H,4-13,17H2,1-3H3,(H,18,20). The normalized spacial score (nSPS) is 18.5. The highest BCUT2D eigenvalue weighted by molar-refractivity contribution is 5.82. The Bertz CT molecular complexity index is 285. The summed E-state index contributed by atoms with van der Waals surface area (Å²) in [4.78, 5) is 14.7. The minimum Gasteiger partial charge on any atom is -0.356 e. The lowest BCUT2D eigenvalue weighted by atomic mass is 9.73. The zero-order valence-corrected chi connectivity index (χ0v) is 13.6. The van der Waals surface area contributed by atoms with Gasteiger partial charge in [-0.15, -0.1) is 0 Å². The number of carbonyl (C=O) groups is 1. The minimum absolute atomic E-state index is 0.192. The molecule has 0 aliphatic heterocycles. The summed E-state index contributed by atoms with van der Waals surface area (Å²) >= 11 is 0.